The second-order valence-electron chi connectivity index (χ2n) is 5.93. The summed E-state index contributed by atoms with van der Waals surface area (Å²) in [4.78, 5) is 20.2. The van der Waals surface area contributed by atoms with Gasteiger partial charge in [0.05, 0.1) is 6.26 Å². The molecule has 9 heteroatoms. The van der Waals surface area contributed by atoms with E-state index in [-0.39, 0.29) is 29.9 Å². The van der Waals surface area contributed by atoms with Crippen LogP contribution in [0.4, 0.5) is 5.82 Å². The number of nitrogens with one attached hydrogen (secondary N) is 3. The molecule has 28 heavy (non-hydrogen) atoms. The quantitative estimate of drug-likeness (QED) is 0.200. The molecule has 2 rings (SSSR count). The van der Waals surface area contributed by atoms with Gasteiger partial charge in [0.1, 0.15) is 18.2 Å². The minimum absolute atomic E-state index is 0. The van der Waals surface area contributed by atoms with E-state index >= 15 is 0 Å². The molecule has 0 saturated heterocycles. The number of nitrogens with zero attached hydrogens (tertiary/aromatic N) is 2. The van der Waals surface area contributed by atoms with E-state index < -0.39 is 0 Å². The number of hydrogen-bond acceptors (Lipinski definition) is 5. The Balaban J connectivity index is 0.00000392. The number of aromatic nitrogens is 1. The Kier molecular flexibility index (Phi) is 11.9. The first kappa shape index (κ1) is 23.9. The minimum atomic E-state index is -0.0966. The summed E-state index contributed by atoms with van der Waals surface area (Å²) in [5, 5.41) is 9.06. The van der Waals surface area contributed by atoms with E-state index in [9.17, 15) is 4.79 Å². The van der Waals surface area contributed by atoms with Gasteiger partial charge in [-0.1, -0.05) is 6.07 Å². The van der Waals surface area contributed by atoms with Crippen molar-refractivity contribution in [2.24, 2.45) is 4.99 Å². The number of guanidine groups is 1. The van der Waals surface area contributed by atoms with Gasteiger partial charge in [0.15, 0.2) is 5.96 Å². The van der Waals surface area contributed by atoms with Crippen molar-refractivity contribution in [3.63, 3.8) is 0 Å². The lowest BCUT2D eigenvalue weighted by Crippen LogP contribution is -2.39. The van der Waals surface area contributed by atoms with Crippen molar-refractivity contribution in [3.05, 3.63) is 48.0 Å². The Labute approximate surface area is 182 Å². The molecule has 2 aromatic rings. The average molecular weight is 501 g/mol. The van der Waals surface area contributed by atoms with E-state index in [0.29, 0.717) is 38.0 Å². The molecule has 0 fully saturated rings. The van der Waals surface area contributed by atoms with Crippen LogP contribution >= 0.6 is 24.0 Å². The molecule has 3 N–H and O–H groups in total. The van der Waals surface area contributed by atoms with Crippen molar-refractivity contribution in [2.75, 3.05) is 32.1 Å². The highest BCUT2D eigenvalue weighted by atomic mass is 127. The summed E-state index contributed by atoms with van der Waals surface area (Å²) in [7, 11) is 1.69. The Hall–Kier alpha value is -2.14. The molecular weight excluding hydrogens is 473 g/mol. The molecule has 0 aliphatic heterocycles. The third kappa shape index (κ3) is 9.70. The van der Waals surface area contributed by atoms with Gasteiger partial charge in [-0.25, -0.2) is 4.98 Å². The molecule has 154 valence electrons. The SMILES string of the molecule is CN=C(NCCCOCc1ccco1)NCCC(=O)Nc1ccc(C)cn1.I. The molecule has 0 bridgehead atoms. The molecule has 1 amide bonds. The van der Waals surface area contributed by atoms with Gasteiger partial charge in [-0.15, -0.1) is 24.0 Å². The predicted octanol–water partition coefficient (Wildman–Crippen LogP) is 2.70. The Morgan fingerprint density at radius 1 is 1.25 bits per heavy atom. The minimum Gasteiger partial charge on any atom is -0.467 e. The second-order valence-corrected chi connectivity index (χ2v) is 5.93. The van der Waals surface area contributed by atoms with Crippen molar-refractivity contribution in [3.8, 4) is 0 Å². The number of aryl methyl sites for hydroxylation is 1. The number of hydrogen-bond donors (Lipinski definition) is 3. The lowest BCUT2D eigenvalue weighted by Gasteiger charge is -2.12. The summed E-state index contributed by atoms with van der Waals surface area (Å²) in [6.45, 7) is 4.25. The largest absolute Gasteiger partial charge is 0.467 e. The molecule has 2 aromatic heterocycles. The molecule has 0 atom stereocenters. The van der Waals surface area contributed by atoms with Gasteiger partial charge in [-0.05, 0) is 37.1 Å². The standard InChI is InChI=1S/C19H27N5O3.HI/c1-15-6-7-17(23-13-15)24-18(25)8-10-22-19(20-2)21-9-4-11-26-14-16-5-3-12-27-16;/h3,5-7,12-13H,4,8-11,14H2,1-2H3,(H2,20,21,22)(H,23,24,25);1H. The molecule has 0 spiro atoms. The van der Waals surface area contributed by atoms with Gasteiger partial charge in [0.25, 0.3) is 0 Å². The Bertz CT molecular complexity index is 705. The van der Waals surface area contributed by atoms with E-state index in [1.54, 1.807) is 25.6 Å². The Morgan fingerprint density at radius 3 is 2.75 bits per heavy atom. The van der Waals surface area contributed by atoms with Gasteiger partial charge >= 0.3 is 0 Å². The van der Waals surface area contributed by atoms with Crippen molar-refractivity contribution < 1.29 is 13.9 Å². The van der Waals surface area contributed by atoms with Crippen LogP contribution in [0.5, 0.6) is 0 Å². The van der Waals surface area contributed by atoms with Gasteiger partial charge < -0.3 is 25.1 Å². The van der Waals surface area contributed by atoms with Crippen molar-refractivity contribution in [2.45, 2.75) is 26.4 Å². The monoisotopic (exact) mass is 501 g/mol. The number of anilines is 1. The highest BCUT2D eigenvalue weighted by Gasteiger charge is 2.04. The third-order valence-corrected chi connectivity index (χ3v) is 3.63. The summed E-state index contributed by atoms with van der Waals surface area (Å²) < 4.78 is 10.7. The zero-order valence-corrected chi connectivity index (χ0v) is 18.6. The number of aliphatic imine (C=N–C) groups is 1. The second kappa shape index (κ2) is 13.9. The zero-order valence-electron chi connectivity index (χ0n) is 16.2. The normalized spacial score (nSPS) is 10.9. The molecule has 0 aromatic carbocycles. The number of ether oxygens (including phenoxy) is 1. The lowest BCUT2D eigenvalue weighted by molar-refractivity contribution is -0.116. The fraction of sp³-hybridized carbons (Fsp3) is 0.421. The molecule has 0 aliphatic rings. The first-order valence-electron chi connectivity index (χ1n) is 8.94. The topological polar surface area (TPSA) is 101 Å². The van der Waals surface area contributed by atoms with Gasteiger partial charge in [0, 0.05) is 39.4 Å². The molecular formula is C19H28IN5O3. The van der Waals surface area contributed by atoms with E-state index in [0.717, 1.165) is 24.3 Å². The Morgan fingerprint density at radius 2 is 2.07 bits per heavy atom. The predicted molar refractivity (Wildman–Crippen MR) is 120 cm³/mol. The number of furan rings is 1. The molecule has 0 saturated carbocycles. The number of pyridine rings is 1. The van der Waals surface area contributed by atoms with Crippen LogP contribution in [0.25, 0.3) is 0 Å². The lowest BCUT2D eigenvalue weighted by atomic mass is 10.3. The molecule has 2 heterocycles. The first-order chi connectivity index (χ1) is 13.2. The smallest absolute Gasteiger partial charge is 0.227 e. The van der Waals surface area contributed by atoms with Crippen LogP contribution in [0, 0.1) is 6.92 Å². The summed E-state index contributed by atoms with van der Waals surface area (Å²) in [6.07, 6.45) is 4.51. The number of halogens is 1. The summed E-state index contributed by atoms with van der Waals surface area (Å²) in [5.74, 6) is 1.94. The summed E-state index contributed by atoms with van der Waals surface area (Å²) in [6, 6.07) is 7.42. The van der Waals surface area contributed by atoms with E-state index in [4.69, 9.17) is 9.15 Å². The molecule has 0 radical (unpaired) electrons. The van der Waals surface area contributed by atoms with Crippen molar-refractivity contribution in [1.29, 1.82) is 0 Å². The van der Waals surface area contributed by atoms with Gasteiger partial charge in [-0.3, -0.25) is 9.79 Å². The average Bonchev–Trinajstić information content (AvgIpc) is 3.18. The maximum Gasteiger partial charge on any atom is 0.227 e. The number of carbonyl (C=O) groups is 1. The maximum atomic E-state index is 11.9. The van der Waals surface area contributed by atoms with Crippen LogP contribution < -0.4 is 16.0 Å². The maximum absolute atomic E-state index is 11.9. The van der Waals surface area contributed by atoms with Crippen LogP contribution in [0.2, 0.25) is 0 Å². The molecule has 0 unspecified atom stereocenters. The van der Waals surface area contributed by atoms with Crippen LogP contribution in [0.15, 0.2) is 46.1 Å². The molecule has 0 aliphatic carbocycles. The highest BCUT2D eigenvalue weighted by molar-refractivity contribution is 14.0. The van der Waals surface area contributed by atoms with E-state index in [2.05, 4.69) is 25.9 Å². The highest BCUT2D eigenvalue weighted by Crippen LogP contribution is 2.04. The van der Waals surface area contributed by atoms with Crippen molar-refractivity contribution in [1.82, 2.24) is 15.6 Å². The van der Waals surface area contributed by atoms with E-state index in [1.165, 1.54) is 0 Å². The van der Waals surface area contributed by atoms with Gasteiger partial charge in [0.2, 0.25) is 5.91 Å². The van der Waals surface area contributed by atoms with Crippen molar-refractivity contribution >= 4 is 41.7 Å². The number of carbonyl (C=O) groups excluding carboxylic acids is 1. The third-order valence-electron chi connectivity index (χ3n) is 3.63. The van der Waals surface area contributed by atoms with Crippen LogP contribution in [0.3, 0.4) is 0 Å². The first-order valence-corrected chi connectivity index (χ1v) is 8.94. The van der Waals surface area contributed by atoms with Crippen LogP contribution in [0.1, 0.15) is 24.2 Å². The van der Waals surface area contributed by atoms with Crippen LogP contribution in [-0.2, 0) is 16.1 Å². The fourth-order valence-corrected chi connectivity index (χ4v) is 2.21. The fourth-order valence-electron chi connectivity index (χ4n) is 2.21. The van der Waals surface area contributed by atoms with Crippen LogP contribution in [-0.4, -0.2) is 43.6 Å². The summed E-state index contributed by atoms with van der Waals surface area (Å²) in [5.41, 5.74) is 1.05. The van der Waals surface area contributed by atoms with Gasteiger partial charge in [-0.2, -0.15) is 0 Å². The van der Waals surface area contributed by atoms with E-state index in [1.807, 2.05) is 25.1 Å². The summed E-state index contributed by atoms with van der Waals surface area (Å²) >= 11 is 0. The number of amides is 1. The molecule has 8 nitrogen and oxygen atoms in total. The number of rotatable bonds is 10. The zero-order chi connectivity index (χ0) is 19.3.